The summed E-state index contributed by atoms with van der Waals surface area (Å²) < 4.78 is 24.5. The molecule has 2 N–H and O–H groups in total. The molecule has 0 unspecified atom stereocenters. The van der Waals surface area contributed by atoms with Crippen molar-refractivity contribution >= 4 is 16.0 Å². The van der Waals surface area contributed by atoms with Crippen molar-refractivity contribution in [1.29, 1.82) is 5.26 Å². The standard InChI is InChI=1S/C10H10N2O4S/c11-4-5-17(15,16)12-7-8-2-1-3-9(6-8)10(13)14/h1-3,6,12H,5,7H2,(H,13,14). The fourth-order valence-electron chi connectivity index (χ4n) is 1.14. The lowest BCUT2D eigenvalue weighted by Gasteiger charge is -2.04. The summed E-state index contributed by atoms with van der Waals surface area (Å²) in [6.07, 6.45) is 0. The first kappa shape index (κ1) is 13.2. The normalized spacial score (nSPS) is 10.8. The minimum Gasteiger partial charge on any atom is -0.478 e. The topological polar surface area (TPSA) is 107 Å². The van der Waals surface area contributed by atoms with Crippen molar-refractivity contribution in [3.05, 3.63) is 35.4 Å². The summed E-state index contributed by atoms with van der Waals surface area (Å²) >= 11 is 0. The molecule has 0 fully saturated rings. The van der Waals surface area contributed by atoms with Gasteiger partial charge < -0.3 is 5.11 Å². The molecule has 0 radical (unpaired) electrons. The number of benzene rings is 1. The minimum atomic E-state index is -3.62. The van der Waals surface area contributed by atoms with E-state index in [4.69, 9.17) is 10.4 Å². The summed E-state index contributed by atoms with van der Waals surface area (Å²) in [6.45, 7) is -0.0366. The summed E-state index contributed by atoms with van der Waals surface area (Å²) in [7, 11) is -3.62. The number of sulfonamides is 1. The molecule has 6 nitrogen and oxygen atoms in total. The quantitative estimate of drug-likeness (QED) is 0.787. The van der Waals surface area contributed by atoms with Crippen LogP contribution in [0.5, 0.6) is 0 Å². The Bertz CT molecular complexity index is 560. The lowest BCUT2D eigenvalue weighted by atomic mass is 10.1. The van der Waals surface area contributed by atoms with Gasteiger partial charge in [-0.2, -0.15) is 5.26 Å². The molecule has 0 bridgehead atoms. The van der Waals surface area contributed by atoms with Crippen LogP contribution in [0.25, 0.3) is 0 Å². The maximum absolute atomic E-state index is 11.2. The Hall–Kier alpha value is -1.91. The van der Waals surface area contributed by atoms with Gasteiger partial charge in [0.1, 0.15) is 0 Å². The molecule has 0 aliphatic heterocycles. The van der Waals surface area contributed by atoms with E-state index in [2.05, 4.69) is 4.72 Å². The molecule has 0 atom stereocenters. The van der Waals surface area contributed by atoms with Crippen LogP contribution in [0.15, 0.2) is 24.3 Å². The Labute approximate surface area is 98.6 Å². The summed E-state index contributed by atoms with van der Waals surface area (Å²) in [6, 6.07) is 7.44. The first-order valence-electron chi connectivity index (χ1n) is 4.61. The van der Waals surface area contributed by atoms with E-state index in [9.17, 15) is 13.2 Å². The smallest absolute Gasteiger partial charge is 0.335 e. The van der Waals surface area contributed by atoms with Crippen molar-refractivity contribution in [2.24, 2.45) is 0 Å². The average molecular weight is 254 g/mol. The van der Waals surface area contributed by atoms with Crippen LogP contribution in [0, 0.1) is 11.3 Å². The van der Waals surface area contributed by atoms with Crippen molar-refractivity contribution in [3.8, 4) is 6.07 Å². The molecule has 1 aromatic carbocycles. The van der Waals surface area contributed by atoms with Gasteiger partial charge in [-0.3, -0.25) is 0 Å². The number of carbonyl (C=O) groups is 1. The lowest BCUT2D eigenvalue weighted by Crippen LogP contribution is -2.25. The largest absolute Gasteiger partial charge is 0.478 e. The molecule has 0 spiro atoms. The predicted octanol–water partition coefficient (Wildman–Crippen LogP) is 0.328. The minimum absolute atomic E-state index is 0.0366. The van der Waals surface area contributed by atoms with Gasteiger partial charge in [0.15, 0.2) is 5.75 Å². The van der Waals surface area contributed by atoms with E-state index in [1.165, 1.54) is 24.3 Å². The van der Waals surface area contributed by atoms with Crippen molar-refractivity contribution in [2.75, 3.05) is 5.75 Å². The number of carboxylic acid groups (broad SMARTS) is 1. The van der Waals surface area contributed by atoms with Gasteiger partial charge in [-0.15, -0.1) is 0 Å². The van der Waals surface area contributed by atoms with Crippen LogP contribution in [0.3, 0.4) is 0 Å². The number of aromatic carboxylic acids is 1. The zero-order valence-corrected chi connectivity index (χ0v) is 9.57. The van der Waals surface area contributed by atoms with E-state index < -0.39 is 21.7 Å². The average Bonchev–Trinajstić information content (AvgIpc) is 2.27. The summed E-state index contributed by atoms with van der Waals surface area (Å²) in [5, 5.41) is 17.0. The van der Waals surface area contributed by atoms with Gasteiger partial charge in [0.25, 0.3) is 0 Å². The molecule has 0 aliphatic rings. The number of nitrogens with zero attached hydrogens (tertiary/aromatic N) is 1. The molecule has 0 saturated heterocycles. The maximum atomic E-state index is 11.2. The molecule has 17 heavy (non-hydrogen) atoms. The molecule has 0 saturated carbocycles. The number of carboxylic acids is 1. The first-order valence-corrected chi connectivity index (χ1v) is 6.26. The highest BCUT2D eigenvalue weighted by Gasteiger charge is 2.09. The van der Waals surface area contributed by atoms with E-state index >= 15 is 0 Å². The van der Waals surface area contributed by atoms with E-state index in [1.807, 2.05) is 0 Å². The van der Waals surface area contributed by atoms with Crippen molar-refractivity contribution in [2.45, 2.75) is 6.54 Å². The van der Waals surface area contributed by atoms with E-state index in [-0.39, 0.29) is 12.1 Å². The maximum Gasteiger partial charge on any atom is 0.335 e. The van der Waals surface area contributed by atoms with Crippen LogP contribution in [0.1, 0.15) is 15.9 Å². The Morgan fingerprint density at radius 3 is 2.76 bits per heavy atom. The number of rotatable bonds is 5. The van der Waals surface area contributed by atoms with Gasteiger partial charge in [0.05, 0.1) is 11.6 Å². The SMILES string of the molecule is N#CCS(=O)(=O)NCc1cccc(C(=O)O)c1. The van der Waals surface area contributed by atoms with Crippen LogP contribution in [0.4, 0.5) is 0 Å². The van der Waals surface area contributed by atoms with Crippen LogP contribution in [0.2, 0.25) is 0 Å². The fourth-order valence-corrected chi connectivity index (χ4v) is 1.80. The highest BCUT2D eigenvalue weighted by Crippen LogP contribution is 2.05. The van der Waals surface area contributed by atoms with E-state index in [0.29, 0.717) is 5.56 Å². The van der Waals surface area contributed by atoms with Crippen molar-refractivity contribution < 1.29 is 18.3 Å². The second kappa shape index (κ2) is 5.43. The molecule has 1 rings (SSSR count). The molecule has 0 heterocycles. The summed E-state index contributed by atoms with van der Waals surface area (Å²) in [5.41, 5.74) is 0.605. The van der Waals surface area contributed by atoms with Crippen molar-refractivity contribution in [3.63, 3.8) is 0 Å². The molecule has 0 amide bonds. The molecule has 1 aromatic rings. The highest BCUT2D eigenvalue weighted by atomic mass is 32.2. The van der Waals surface area contributed by atoms with Crippen molar-refractivity contribution in [1.82, 2.24) is 4.72 Å². The highest BCUT2D eigenvalue weighted by molar-refractivity contribution is 7.89. The van der Waals surface area contributed by atoms with Gasteiger partial charge in [-0.1, -0.05) is 12.1 Å². The third-order valence-corrected chi connectivity index (χ3v) is 3.02. The van der Waals surface area contributed by atoms with Gasteiger partial charge in [-0.25, -0.2) is 17.9 Å². The monoisotopic (exact) mass is 254 g/mol. The molecule has 0 aromatic heterocycles. The van der Waals surface area contributed by atoms with E-state index in [1.54, 1.807) is 6.07 Å². The number of nitrogens with one attached hydrogen (secondary N) is 1. The number of hydrogen-bond acceptors (Lipinski definition) is 4. The van der Waals surface area contributed by atoms with Crippen LogP contribution >= 0.6 is 0 Å². The predicted molar refractivity (Wildman–Crippen MR) is 59.6 cm³/mol. The Kier molecular flexibility index (Phi) is 4.20. The second-order valence-electron chi connectivity index (χ2n) is 3.24. The zero-order chi connectivity index (χ0) is 12.9. The fraction of sp³-hybridized carbons (Fsp3) is 0.200. The number of hydrogen-bond donors (Lipinski definition) is 2. The summed E-state index contributed by atoms with van der Waals surface area (Å²) in [5.74, 6) is -1.70. The second-order valence-corrected chi connectivity index (χ2v) is 5.05. The third-order valence-electron chi connectivity index (χ3n) is 1.92. The third kappa shape index (κ3) is 4.22. The molecule has 7 heteroatoms. The van der Waals surface area contributed by atoms with Gasteiger partial charge >= 0.3 is 5.97 Å². The van der Waals surface area contributed by atoms with Crippen LogP contribution in [-0.2, 0) is 16.6 Å². The Morgan fingerprint density at radius 2 is 2.18 bits per heavy atom. The van der Waals surface area contributed by atoms with Gasteiger partial charge in [0.2, 0.25) is 10.0 Å². The molecular weight excluding hydrogens is 244 g/mol. The first-order chi connectivity index (χ1) is 7.94. The number of nitriles is 1. The summed E-state index contributed by atoms with van der Waals surface area (Å²) in [4.78, 5) is 10.7. The van der Waals surface area contributed by atoms with Gasteiger partial charge in [-0.05, 0) is 17.7 Å². The van der Waals surface area contributed by atoms with Crippen LogP contribution in [-0.4, -0.2) is 25.2 Å². The van der Waals surface area contributed by atoms with E-state index in [0.717, 1.165) is 0 Å². The van der Waals surface area contributed by atoms with Crippen LogP contribution < -0.4 is 4.72 Å². The Morgan fingerprint density at radius 1 is 1.47 bits per heavy atom. The lowest BCUT2D eigenvalue weighted by molar-refractivity contribution is 0.0696. The Balaban J connectivity index is 2.74. The molecule has 90 valence electrons. The zero-order valence-electron chi connectivity index (χ0n) is 8.75. The molecular formula is C10H10N2O4S. The molecule has 0 aliphatic carbocycles. The van der Waals surface area contributed by atoms with Gasteiger partial charge in [0, 0.05) is 6.54 Å².